The van der Waals surface area contributed by atoms with Crippen molar-refractivity contribution in [1.29, 1.82) is 0 Å². The molecule has 10 heteroatoms. The number of nitro benzene ring substituents is 1. The average Bonchev–Trinajstić information content (AvgIpc) is 2.99. The number of ether oxygens (including phenoxy) is 2. The molecule has 0 radical (unpaired) electrons. The Kier molecular flexibility index (Phi) is 6.07. The Balaban J connectivity index is 2.16. The lowest BCUT2D eigenvalue weighted by atomic mass is 10.0. The van der Waals surface area contributed by atoms with Crippen LogP contribution < -0.4 is 9.64 Å². The molecule has 31 heavy (non-hydrogen) atoms. The van der Waals surface area contributed by atoms with Gasteiger partial charge in [0.25, 0.3) is 5.91 Å². The molecule has 0 saturated heterocycles. The first-order valence-corrected chi connectivity index (χ1v) is 9.20. The number of rotatable bonds is 5. The molecule has 0 fully saturated rings. The van der Waals surface area contributed by atoms with Gasteiger partial charge in [0.2, 0.25) is 0 Å². The van der Waals surface area contributed by atoms with Crippen LogP contribution in [0.2, 0.25) is 5.02 Å². The molecular weight excluding hydrogens is 431 g/mol. The number of esters is 1. The zero-order chi connectivity index (χ0) is 22.9. The summed E-state index contributed by atoms with van der Waals surface area (Å²) in [7, 11) is 2.47. The van der Waals surface area contributed by atoms with Gasteiger partial charge in [0.15, 0.2) is 5.75 Å². The van der Waals surface area contributed by atoms with Crippen molar-refractivity contribution in [2.45, 2.75) is 6.92 Å². The van der Waals surface area contributed by atoms with Crippen molar-refractivity contribution < 1.29 is 28.4 Å². The molecule has 8 nitrogen and oxygen atoms in total. The van der Waals surface area contributed by atoms with Gasteiger partial charge in [-0.1, -0.05) is 17.7 Å². The Bertz CT molecular complexity index is 1170. The Hall–Kier alpha value is -3.72. The number of benzene rings is 2. The minimum atomic E-state index is -0.768. The highest BCUT2D eigenvalue weighted by molar-refractivity contribution is 6.31. The Morgan fingerprint density at radius 2 is 1.94 bits per heavy atom. The third-order valence-corrected chi connectivity index (χ3v) is 4.95. The van der Waals surface area contributed by atoms with Crippen LogP contribution in [0.15, 0.2) is 53.2 Å². The predicted molar refractivity (Wildman–Crippen MR) is 111 cm³/mol. The van der Waals surface area contributed by atoms with Gasteiger partial charge in [-0.2, -0.15) is 0 Å². The number of allylic oxidation sites excluding steroid dienone is 1. The first kappa shape index (κ1) is 22.0. The van der Waals surface area contributed by atoms with Crippen LogP contribution in [0.25, 0.3) is 6.08 Å². The maximum absolute atomic E-state index is 13.6. The number of anilines is 1. The molecule has 1 heterocycles. The highest BCUT2D eigenvalue weighted by Crippen LogP contribution is 2.37. The Labute approximate surface area is 181 Å². The monoisotopic (exact) mass is 446 g/mol. The second kappa shape index (κ2) is 8.57. The van der Waals surface area contributed by atoms with Crippen LogP contribution >= 0.6 is 11.6 Å². The van der Waals surface area contributed by atoms with Crippen molar-refractivity contribution in [1.82, 2.24) is 0 Å². The maximum atomic E-state index is 13.6. The Morgan fingerprint density at radius 1 is 1.23 bits per heavy atom. The molecule has 2 aromatic rings. The van der Waals surface area contributed by atoms with Crippen molar-refractivity contribution >= 4 is 40.9 Å². The topological polar surface area (TPSA) is 99.0 Å². The third kappa shape index (κ3) is 3.99. The van der Waals surface area contributed by atoms with Crippen molar-refractivity contribution in [2.75, 3.05) is 19.1 Å². The molecular formula is C21H16ClFN2O6. The van der Waals surface area contributed by atoms with Gasteiger partial charge >= 0.3 is 11.7 Å². The maximum Gasteiger partial charge on any atom is 0.340 e. The van der Waals surface area contributed by atoms with Crippen LogP contribution in [0.1, 0.15) is 12.5 Å². The van der Waals surface area contributed by atoms with E-state index in [0.717, 1.165) is 6.07 Å². The summed E-state index contributed by atoms with van der Waals surface area (Å²) in [5.41, 5.74) is 0.428. The van der Waals surface area contributed by atoms with Crippen molar-refractivity contribution in [3.05, 3.63) is 79.8 Å². The minimum Gasteiger partial charge on any atom is -0.490 e. The van der Waals surface area contributed by atoms with E-state index in [1.54, 1.807) is 0 Å². The van der Waals surface area contributed by atoms with Gasteiger partial charge in [0.05, 0.1) is 41.0 Å². The fourth-order valence-corrected chi connectivity index (χ4v) is 3.40. The molecule has 1 aliphatic heterocycles. The van der Waals surface area contributed by atoms with Crippen molar-refractivity contribution in [3.63, 3.8) is 0 Å². The van der Waals surface area contributed by atoms with E-state index in [9.17, 15) is 24.1 Å². The quantitative estimate of drug-likeness (QED) is 0.294. The number of hydrogen-bond acceptors (Lipinski definition) is 6. The highest BCUT2D eigenvalue weighted by atomic mass is 35.5. The molecule has 3 rings (SSSR count). The molecule has 0 atom stereocenters. The molecule has 160 valence electrons. The number of hydrogen-bond donors (Lipinski definition) is 0. The van der Waals surface area contributed by atoms with Crippen LogP contribution in [0, 0.1) is 15.9 Å². The number of nitro groups is 1. The van der Waals surface area contributed by atoms with Gasteiger partial charge in [-0.25, -0.2) is 9.18 Å². The zero-order valence-electron chi connectivity index (χ0n) is 16.6. The van der Waals surface area contributed by atoms with Crippen LogP contribution in [0.5, 0.6) is 5.75 Å². The number of carbonyl (C=O) groups is 2. The summed E-state index contributed by atoms with van der Waals surface area (Å²) in [4.78, 5) is 37.5. The number of carbonyl (C=O) groups excluding carboxylic acids is 2. The molecule has 0 unspecified atom stereocenters. The normalized spacial score (nSPS) is 14.9. The van der Waals surface area contributed by atoms with Gasteiger partial charge in [-0.3, -0.25) is 19.8 Å². The number of nitrogens with zero attached hydrogens (tertiary/aromatic N) is 2. The van der Waals surface area contributed by atoms with E-state index in [4.69, 9.17) is 21.1 Å². The molecule has 0 N–H and O–H groups in total. The first-order valence-electron chi connectivity index (χ1n) is 8.82. The van der Waals surface area contributed by atoms with E-state index >= 15 is 0 Å². The van der Waals surface area contributed by atoms with E-state index in [1.165, 1.54) is 62.5 Å². The summed E-state index contributed by atoms with van der Waals surface area (Å²) < 4.78 is 23.4. The first-order chi connectivity index (χ1) is 14.7. The summed E-state index contributed by atoms with van der Waals surface area (Å²) >= 11 is 5.84. The van der Waals surface area contributed by atoms with Crippen molar-refractivity contribution in [3.8, 4) is 5.75 Å². The van der Waals surface area contributed by atoms with Crippen LogP contribution in [-0.4, -0.2) is 31.0 Å². The highest BCUT2D eigenvalue weighted by Gasteiger charge is 2.38. The second-order valence-electron chi connectivity index (χ2n) is 6.44. The fourth-order valence-electron chi connectivity index (χ4n) is 3.22. The number of methoxy groups -OCH3 is 2. The third-order valence-electron chi connectivity index (χ3n) is 4.66. The van der Waals surface area contributed by atoms with E-state index in [2.05, 4.69) is 0 Å². The lowest BCUT2D eigenvalue weighted by Gasteiger charge is -2.18. The van der Waals surface area contributed by atoms with Gasteiger partial charge < -0.3 is 9.47 Å². The molecule has 0 aromatic heterocycles. The predicted octanol–water partition coefficient (Wildman–Crippen LogP) is 4.27. The molecule has 1 aliphatic rings. The largest absolute Gasteiger partial charge is 0.490 e. The van der Waals surface area contributed by atoms with E-state index in [0.29, 0.717) is 5.56 Å². The average molecular weight is 447 g/mol. The van der Waals surface area contributed by atoms with Crippen LogP contribution in [-0.2, 0) is 14.3 Å². The zero-order valence-corrected chi connectivity index (χ0v) is 17.4. The molecule has 0 aliphatic carbocycles. The van der Waals surface area contributed by atoms with E-state index in [1.807, 2.05) is 0 Å². The standard InChI is InChI=1S/C21H16ClFN2O6/c1-11-19(21(27)31-3)14(8-12-4-7-18(30-2)17(9-12)25(28)29)20(26)24(11)13-5-6-16(23)15(22)10-13/h4-10H,1-3H3/b14-8-. The smallest absolute Gasteiger partial charge is 0.340 e. The molecule has 0 saturated carbocycles. The van der Waals surface area contributed by atoms with Gasteiger partial charge in [0, 0.05) is 11.8 Å². The SMILES string of the molecule is COC(=O)C1=C(C)N(c2ccc(F)c(Cl)c2)C(=O)/C1=C\c1ccc(OC)c([N+](=O)[O-])c1. The van der Waals surface area contributed by atoms with E-state index < -0.39 is 22.6 Å². The lowest BCUT2D eigenvalue weighted by molar-refractivity contribution is -0.385. The molecule has 2 aromatic carbocycles. The molecule has 0 spiro atoms. The minimum absolute atomic E-state index is 0.0218. The van der Waals surface area contributed by atoms with Crippen LogP contribution in [0.4, 0.5) is 15.8 Å². The van der Waals surface area contributed by atoms with Gasteiger partial charge in [-0.05, 0) is 42.8 Å². The fraction of sp³-hybridized carbons (Fsp3) is 0.143. The van der Waals surface area contributed by atoms with Crippen molar-refractivity contribution in [2.24, 2.45) is 0 Å². The number of halogens is 2. The van der Waals surface area contributed by atoms with E-state index in [-0.39, 0.29) is 39.0 Å². The summed E-state index contributed by atoms with van der Waals surface area (Å²) in [6.07, 6.45) is 1.34. The molecule has 0 bridgehead atoms. The summed E-state index contributed by atoms with van der Waals surface area (Å²) in [5.74, 6) is -1.98. The summed E-state index contributed by atoms with van der Waals surface area (Å²) in [6.45, 7) is 1.53. The van der Waals surface area contributed by atoms with Crippen LogP contribution in [0.3, 0.4) is 0 Å². The summed E-state index contributed by atoms with van der Waals surface area (Å²) in [5, 5.41) is 11.1. The second-order valence-corrected chi connectivity index (χ2v) is 6.84. The Morgan fingerprint density at radius 3 is 2.52 bits per heavy atom. The lowest BCUT2D eigenvalue weighted by Crippen LogP contribution is -2.24. The summed E-state index contributed by atoms with van der Waals surface area (Å²) in [6, 6.07) is 7.82. The van der Waals surface area contributed by atoms with Gasteiger partial charge in [-0.15, -0.1) is 0 Å². The molecule has 1 amide bonds. The number of amides is 1. The van der Waals surface area contributed by atoms with Gasteiger partial charge in [0.1, 0.15) is 5.82 Å².